The van der Waals surface area contributed by atoms with Gasteiger partial charge in [0, 0.05) is 110 Å². The molecule has 12 atom stereocenters. The van der Waals surface area contributed by atoms with E-state index in [-0.39, 0.29) is 79.8 Å². The maximum atomic E-state index is 14.7. The van der Waals surface area contributed by atoms with Crippen LogP contribution in [0.4, 0.5) is 11.4 Å². The van der Waals surface area contributed by atoms with Gasteiger partial charge in [-0.3, -0.25) is 19.2 Å². The number of esters is 2. The van der Waals surface area contributed by atoms with Crippen LogP contribution in [0.25, 0.3) is 33.7 Å². The highest BCUT2D eigenvalue weighted by atomic mass is 35.5. The average molecular weight is 1410 g/mol. The summed E-state index contributed by atoms with van der Waals surface area (Å²) in [6, 6.07) is 25.1. The van der Waals surface area contributed by atoms with Crippen LogP contribution in [0.5, 0.6) is 17.2 Å². The van der Waals surface area contributed by atoms with Gasteiger partial charge >= 0.3 is 11.9 Å². The van der Waals surface area contributed by atoms with E-state index in [1.54, 1.807) is 28.0 Å². The minimum Gasteiger partial charge on any atom is -0.491 e. The summed E-state index contributed by atoms with van der Waals surface area (Å²) in [6.45, 7) is 22.6. The number of carbonyl (C=O) groups excluding carboxylic acids is 4. The molecule has 21 nitrogen and oxygen atoms in total. The Morgan fingerprint density at radius 2 is 0.970 bits per heavy atom. The first-order chi connectivity index (χ1) is 48.0. The fourth-order valence-electron chi connectivity index (χ4n) is 13.3. The molecule has 2 fully saturated rings. The summed E-state index contributed by atoms with van der Waals surface area (Å²) in [4.78, 5) is 57.3. The van der Waals surface area contributed by atoms with E-state index in [2.05, 4.69) is 39.8 Å². The van der Waals surface area contributed by atoms with Crippen LogP contribution in [-0.4, -0.2) is 192 Å². The lowest BCUT2D eigenvalue weighted by Gasteiger charge is -2.43. The number of ether oxygens (including phenoxy) is 14. The van der Waals surface area contributed by atoms with Crippen molar-refractivity contribution in [1.82, 2.24) is 0 Å². The highest BCUT2D eigenvalue weighted by Crippen LogP contribution is 2.49. The van der Waals surface area contributed by atoms with E-state index in [1.807, 2.05) is 80.6 Å². The van der Waals surface area contributed by atoms with Crippen molar-refractivity contribution in [2.24, 2.45) is 35.3 Å². The lowest BCUT2D eigenvalue weighted by Crippen LogP contribution is -2.54. The number of carbonyl (C=O) groups is 4. The molecule has 2 N–H and O–H groups in total. The maximum Gasteiger partial charge on any atom is 0.303 e. The van der Waals surface area contributed by atoms with Gasteiger partial charge in [0.05, 0.1) is 116 Å². The van der Waals surface area contributed by atoms with E-state index >= 15 is 0 Å². The zero-order valence-corrected chi connectivity index (χ0v) is 59.9. The SMILES string of the molecule is CC[C@H]1O[C@@H](Oc2cc3c(c4ccccc24)[C@H](CCl)CN3C(=O)/C=C/c2ccc(/C=C/C(=O)N3C[C@@H](CCl)c4c3cc(O[C@@H]3O[C@H](COC(C)=O)[C@H](C)[C@H](C)[C@H]3OC(C)=O)c3ccccc43)cc2OCCOCCOCCOCCOCCOCCOCCOCCN)[C@H](C)[C@@H](C)[C@H]1C. The summed E-state index contributed by atoms with van der Waals surface area (Å²) in [7, 11) is 0. The lowest BCUT2D eigenvalue weighted by molar-refractivity contribution is -0.253. The van der Waals surface area contributed by atoms with Crippen LogP contribution in [-0.2, 0) is 71.3 Å². The number of rotatable bonds is 38. The monoisotopic (exact) mass is 1410 g/mol. The first-order valence-corrected chi connectivity index (χ1v) is 35.8. The second-order valence-electron chi connectivity index (χ2n) is 25.6. The number of benzene rings is 5. The van der Waals surface area contributed by atoms with Gasteiger partial charge in [0.1, 0.15) is 30.5 Å². The van der Waals surface area contributed by atoms with Crippen molar-refractivity contribution in [1.29, 1.82) is 0 Å². The molecular weight excluding hydrogens is 1310 g/mol. The third-order valence-corrected chi connectivity index (χ3v) is 19.9. The summed E-state index contributed by atoms with van der Waals surface area (Å²) in [5.74, 6) is 0.586. The molecule has 0 unspecified atom stereocenters. The molecule has 9 rings (SSSR count). The third kappa shape index (κ3) is 20.2. The van der Waals surface area contributed by atoms with E-state index < -0.39 is 36.7 Å². The van der Waals surface area contributed by atoms with Gasteiger partial charge in [-0.2, -0.15) is 0 Å². The van der Waals surface area contributed by atoms with Crippen molar-refractivity contribution in [3.63, 3.8) is 0 Å². The Balaban J connectivity index is 0.888. The number of hydrogen-bond acceptors (Lipinski definition) is 19. The zero-order valence-electron chi connectivity index (χ0n) is 58.4. The van der Waals surface area contributed by atoms with Crippen LogP contribution >= 0.6 is 23.2 Å². The van der Waals surface area contributed by atoms with Crippen LogP contribution in [0.1, 0.15) is 95.9 Å². The first-order valence-electron chi connectivity index (χ1n) is 34.7. The third-order valence-electron chi connectivity index (χ3n) is 19.1. The summed E-state index contributed by atoms with van der Waals surface area (Å²) < 4.78 is 83.6. The Labute approximate surface area is 591 Å². The van der Waals surface area contributed by atoms with Crippen molar-refractivity contribution in [2.75, 3.05) is 147 Å². The topological polar surface area (TPSA) is 230 Å². The fraction of sp³-hybridized carbons (Fsp3) is 0.553. The van der Waals surface area contributed by atoms with Crippen molar-refractivity contribution >= 4 is 92.0 Å². The van der Waals surface area contributed by atoms with Gasteiger partial charge in [-0.05, 0) is 69.9 Å². The Bertz CT molecular complexity index is 3520. The number of anilines is 2. The molecule has 0 bridgehead atoms. The van der Waals surface area contributed by atoms with Crippen LogP contribution in [0.3, 0.4) is 0 Å². The molecule has 4 heterocycles. The Hall–Kier alpha value is -6.44. The van der Waals surface area contributed by atoms with Gasteiger partial charge in [0.25, 0.3) is 11.8 Å². The summed E-state index contributed by atoms with van der Waals surface area (Å²) in [5, 5.41) is 3.49. The highest BCUT2D eigenvalue weighted by Gasteiger charge is 2.46. The summed E-state index contributed by atoms with van der Waals surface area (Å²) in [5.41, 5.74) is 9.88. The first kappa shape index (κ1) is 76.7. The number of nitrogens with two attached hydrogens (primary N) is 1. The van der Waals surface area contributed by atoms with E-state index in [4.69, 9.17) is 95.3 Å². The standard InChI is InChI=1S/C76H99Cl2N3O18/c1-9-65-49(3)48(2)52(6)75(96-65)97-67-41-63-72(61-16-12-10-14-59(61)67)58(44-78)46-81(63)71(85)23-21-56-20-18-55(40-66(56)93-39-38-92-37-36-91-35-34-90-33-32-89-31-30-88-29-28-87-27-26-86-25-24-79)19-22-70(84)80-45-57(43-77)73-62-17-13-11-15-60(62)68(42-64(73)80)98-76-74(95-54(8)83)51(5)50(4)69(99-76)47-94-53(7)82/h10-23,40-42,48-52,57-58,65,69,74-76H,9,24-39,43-47,79H2,1-8H3/b22-19+,23-21+/t48-,49+,50+,51-,52+,57+,58+,65+,69+,74+,75-,76+/m0/s1. The number of hydrogen-bond donors (Lipinski definition) is 1. The van der Waals surface area contributed by atoms with Crippen LogP contribution in [0.15, 0.2) is 91.0 Å². The molecule has 2 saturated heterocycles. The molecule has 4 aliphatic rings. The lowest BCUT2D eigenvalue weighted by atomic mass is 9.78. The zero-order chi connectivity index (χ0) is 70.4. The van der Waals surface area contributed by atoms with E-state index in [1.165, 1.54) is 19.9 Å². The largest absolute Gasteiger partial charge is 0.491 e. The van der Waals surface area contributed by atoms with Crippen molar-refractivity contribution in [3.8, 4) is 17.2 Å². The molecule has 0 radical (unpaired) electrons. The van der Waals surface area contributed by atoms with Gasteiger partial charge in [0.15, 0.2) is 6.10 Å². The number of amides is 2. The smallest absolute Gasteiger partial charge is 0.303 e. The van der Waals surface area contributed by atoms with E-state index in [0.29, 0.717) is 151 Å². The second-order valence-corrected chi connectivity index (χ2v) is 26.2. The normalized spacial score (nSPS) is 23.7. The molecule has 99 heavy (non-hydrogen) atoms. The quantitative estimate of drug-likeness (QED) is 0.0168. The second kappa shape index (κ2) is 38.6. The predicted molar refractivity (Wildman–Crippen MR) is 381 cm³/mol. The van der Waals surface area contributed by atoms with Gasteiger partial charge in [-0.25, -0.2) is 0 Å². The van der Waals surface area contributed by atoms with E-state index in [0.717, 1.165) is 44.8 Å². The molecule has 0 aromatic heterocycles. The van der Waals surface area contributed by atoms with Gasteiger partial charge in [-0.15, -0.1) is 23.2 Å². The van der Waals surface area contributed by atoms with Gasteiger partial charge in [-0.1, -0.05) is 102 Å². The van der Waals surface area contributed by atoms with Crippen molar-refractivity contribution in [3.05, 3.63) is 113 Å². The van der Waals surface area contributed by atoms with Crippen molar-refractivity contribution in [2.45, 2.75) is 105 Å². The Kier molecular flexibility index (Phi) is 29.9. The number of halogens is 2. The predicted octanol–water partition coefficient (Wildman–Crippen LogP) is 11.5. The number of fused-ring (bicyclic) bond motifs is 6. The van der Waals surface area contributed by atoms with Crippen LogP contribution in [0.2, 0.25) is 0 Å². The molecule has 5 aromatic carbocycles. The van der Waals surface area contributed by atoms with E-state index in [9.17, 15) is 19.2 Å². The molecule has 0 aliphatic carbocycles. The minimum atomic E-state index is -1.09. The molecule has 0 saturated carbocycles. The Morgan fingerprint density at radius 1 is 0.515 bits per heavy atom. The molecule has 5 aromatic rings. The number of alkyl halides is 2. The maximum absolute atomic E-state index is 14.7. The molecule has 4 aliphatic heterocycles. The van der Waals surface area contributed by atoms with Crippen LogP contribution in [0, 0.1) is 29.6 Å². The average Bonchev–Trinajstić information content (AvgIpc) is 1.65. The molecule has 23 heteroatoms. The molecule has 540 valence electrons. The molecule has 0 spiro atoms. The van der Waals surface area contributed by atoms with Crippen molar-refractivity contribution < 1.29 is 85.5 Å². The minimum absolute atomic E-state index is 0.0164. The van der Waals surface area contributed by atoms with Crippen LogP contribution < -0.4 is 29.7 Å². The van der Waals surface area contributed by atoms with Gasteiger partial charge in [0.2, 0.25) is 12.6 Å². The molecular formula is C76H99Cl2N3O18. The summed E-state index contributed by atoms with van der Waals surface area (Å²) in [6.07, 6.45) is 4.49. The summed E-state index contributed by atoms with van der Waals surface area (Å²) >= 11 is 13.5. The van der Waals surface area contributed by atoms with Gasteiger partial charge < -0.3 is 81.8 Å². The number of nitrogens with zero attached hydrogens (tertiary/aromatic N) is 2. The highest BCUT2D eigenvalue weighted by molar-refractivity contribution is 6.20. The Morgan fingerprint density at radius 3 is 1.44 bits per heavy atom. The molecule has 2 amide bonds. The fourth-order valence-corrected chi connectivity index (χ4v) is 13.8.